The molecule has 1 atom stereocenters. The van der Waals surface area contributed by atoms with Crippen molar-refractivity contribution in [3.05, 3.63) is 46.3 Å². The van der Waals surface area contributed by atoms with Crippen LogP contribution in [0.4, 0.5) is 5.69 Å². The standard InChI is InChI=1S/C12H12Cl2N2O3S/c1-7(11-3-2-4-19-11)16-20(17,18)12-9(13)5-8(15)6-10(12)14/h2-7,16H,15H2,1H3. The average molecular weight is 335 g/mol. The fourth-order valence-electron chi connectivity index (χ4n) is 1.72. The highest BCUT2D eigenvalue weighted by molar-refractivity contribution is 7.89. The molecule has 5 nitrogen and oxygen atoms in total. The first-order chi connectivity index (χ1) is 9.31. The lowest BCUT2D eigenvalue weighted by molar-refractivity contribution is 0.459. The van der Waals surface area contributed by atoms with Crippen molar-refractivity contribution in [3.8, 4) is 0 Å². The summed E-state index contributed by atoms with van der Waals surface area (Å²) in [7, 11) is -3.89. The molecule has 0 aliphatic heterocycles. The van der Waals surface area contributed by atoms with Gasteiger partial charge in [0.05, 0.1) is 22.4 Å². The number of benzene rings is 1. The summed E-state index contributed by atoms with van der Waals surface area (Å²) >= 11 is 11.8. The summed E-state index contributed by atoms with van der Waals surface area (Å²) in [5.41, 5.74) is 5.84. The van der Waals surface area contributed by atoms with E-state index in [-0.39, 0.29) is 20.6 Å². The van der Waals surface area contributed by atoms with Gasteiger partial charge in [-0.2, -0.15) is 0 Å². The van der Waals surface area contributed by atoms with E-state index in [1.54, 1.807) is 19.1 Å². The van der Waals surface area contributed by atoms with Crippen LogP contribution in [0, 0.1) is 0 Å². The Bertz CT molecular complexity index is 691. The monoisotopic (exact) mass is 334 g/mol. The number of hydrogen-bond donors (Lipinski definition) is 2. The Morgan fingerprint density at radius 3 is 2.40 bits per heavy atom. The molecule has 1 heterocycles. The van der Waals surface area contributed by atoms with Crippen molar-refractivity contribution in [2.24, 2.45) is 0 Å². The van der Waals surface area contributed by atoms with Gasteiger partial charge in [-0.1, -0.05) is 23.2 Å². The van der Waals surface area contributed by atoms with E-state index in [0.29, 0.717) is 5.76 Å². The molecule has 1 unspecified atom stereocenters. The van der Waals surface area contributed by atoms with Crippen LogP contribution in [0.15, 0.2) is 39.8 Å². The van der Waals surface area contributed by atoms with Gasteiger partial charge in [-0.3, -0.25) is 0 Å². The Labute approximate surface area is 126 Å². The highest BCUT2D eigenvalue weighted by atomic mass is 35.5. The van der Waals surface area contributed by atoms with Gasteiger partial charge in [0.1, 0.15) is 10.7 Å². The van der Waals surface area contributed by atoms with Gasteiger partial charge >= 0.3 is 0 Å². The highest BCUT2D eigenvalue weighted by Crippen LogP contribution is 2.32. The quantitative estimate of drug-likeness (QED) is 0.840. The van der Waals surface area contributed by atoms with Crippen molar-refractivity contribution in [1.82, 2.24) is 4.72 Å². The van der Waals surface area contributed by atoms with Crippen molar-refractivity contribution in [1.29, 1.82) is 0 Å². The summed E-state index contributed by atoms with van der Waals surface area (Å²) in [5.74, 6) is 0.483. The van der Waals surface area contributed by atoms with Gasteiger partial charge in [-0.25, -0.2) is 13.1 Å². The Morgan fingerprint density at radius 2 is 1.90 bits per heavy atom. The molecule has 0 amide bonds. The van der Waals surface area contributed by atoms with Gasteiger partial charge < -0.3 is 10.2 Å². The highest BCUT2D eigenvalue weighted by Gasteiger charge is 2.25. The van der Waals surface area contributed by atoms with Crippen LogP contribution in [0.2, 0.25) is 10.0 Å². The molecule has 20 heavy (non-hydrogen) atoms. The van der Waals surface area contributed by atoms with E-state index in [1.165, 1.54) is 18.4 Å². The van der Waals surface area contributed by atoms with Crippen molar-refractivity contribution in [3.63, 3.8) is 0 Å². The van der Waals surface area contributed by atoms with E-state index >= 15 is 0 Å². The van der Waals surface area contributed by atoms with Crippen LogP contribution < -0.4 is 10.5 Å². The summed E-state index contributed by atoms with van der Waals surface area (Å²) in [6, 6.07) is 5.45. The Morgan fingerprint density at radius 1 is 1.30 bits per heavy atom. The number of nitrogens with one attached hydrogen (secondary N) is 1. The van der Waals surface area contributed by atoms with Crippen LogP contribution >= 0.6 is 23.2 Å². The molecule has 8 heteroatoms. The van der Waals surface area contributed by atoms with Gasteiger partial charge in [0.2, 0.25) is 10.0 Å². The second kappa shape index (κ2) is 5.65. The zero-order valence-corrected chi connectivity index (χ0v) is 12.8. The fourth-order valence-corrected chi connectivity index (χ4v) is 4.17. The lowest BCUT2D eigenvalue weighted by atomic mass is 10.3. The van der Waals surface area contributed by atoms with Crippen molar-refractivity contribution < 1.29 is 12.8 Å². The maximum absolute atomic E-state index is 12.3. The van der Waals surface area contributed by atoms with Gasteiger partial charge in [0, 0.05) is 5.69 Å². The van der Waals surface area contributed by atoms with E-state index in [2.05, 4.69) is 4.72 Å². The lowest BCUT2D eigenvalue weighted by Crippen LogP contribution is -2.27. The van der Waals surface area contributed by atoms with Crippen LogP contribution in [0.25, 0.3) is 0 Å². The van der Waals surface area contributed by atoms with E-state index < -0.39 is 16.1 Å². The number of furan rings is 1. The third-order valence-corrected chi connectivity index (χ3v) is 5.05. The topological polar surface area (TPSA) is 85.3 Å². The first-order valence-electron chi connectivity index (χ1n) is 5.61. The first-order valence-corrected chi connectivity index (χ1v) is 7.85. The van der Waals surface area contributed by atoms with E-state index in [0.717, 1.165) is 0 Å². The minimum atomic E-state index is -3.89. The molecule has 1 aromatic heterocycles. The van der Waals surface area contributed by atoms with E-state index in [9.17, 15) is 8.42 Å². The smallest absolute Gasteiger partial charge is 0.244 e. The first kappa shape index (κ1) is 15.2. The van der Waals surface area contributed by atoms with E-state index in [1.807, 2.05) is 0 Å². The molecule has 2 rings (SSSR count). The molecule has 0 bridgehead atoms. The number of rotatable bonds is 4. The maximum atomic E-state index is 12.3. The Kier molecular flexibility index (Phi) is 4.29. The van der Waals surface area contributed by atoms with Crippen molar-refractivity contribution in [2.45, 2.75) is 17.9 Å². The third-order valence-electron chi connectivity index (χ3n) is 2.59. The number of anilines is 1. The minimum absolute atomic E-state index is 0.0332. The zero-order valence-electron chi connectivity index (χ0n) is 10.4. The number of nitrogen functional groups attached to an aromatic ring is 1. The molecule has 0 spiro atoms. The molecule has 0 aliphatic rings. The molecule has 0 radical (unpaired) electrons. The van der Waals surface area contributed by atoms with Crippen molar-refractivity contribution in [2.75, 3.05) is 5.73 Å². The minimum Gasteiger partial charge on any atom is -0.468 e. The summed E-state index contributed by atoms with van der Waals surface area (Å²) in [6.45, 7) is 1.65. The summed E-state index contributed by atoms with van der Waals surface area (Å²) in [6.07, 6.45) is 1.46. The number of hydrogen-bond acceptors (Lipinski definition) is 4. The molecule has 3 N–H and O–H groups in total. The predicted octanol–water partition coefficient (Wildman–Crippen LogP) is 3.21. The van der Waals surface area contributed by atoms with Crippen LogP contribution in [-0.2, 0) is 10.0 Å². The summed E-state index contributed by atoms with van der Waals surface area (Å²) in [4.78, 5) is -0.201. The Balaban J connectivity index is 2.37. The number of nitrogens with two attached hydrogens (primary N) is 1. The van der Waals surface area contributed by atoms with Crippen LogP contribution in [0.1, 0.15) is 18.7 Å². The molecule has 1 aromatic carbocycles. The third kappa shape index (κ3) is 3.09. The molecule has 0 fully saturated rings. The summed E-state index contributed by atoms with van der Waals surface area (Å²) in [5, 5.41) is -0.0664. The van der Waals surface area contributed by atoms with Crippen LogP contribution in [-0.4, -0.2) is 8.42 Å². The molecular weight excluding hydrogens is 323 g/mol. The largest absolute Gasteiger partial charge is 0.468 e. The second-order valence-corrected chi connectivity index (χ2v) is 6.64. The Hall–Kier alpha value is -1.21. The number of sulfonamides is 1. The summed E-state index contributed by atoms with van der Waals surface area (Å²) < 4.78 is 32.2. The van der Waals surface area contributed by atoms with Crippen molar-refractivity contribution >= 4 is 38.9 Å². The van der Waals surface area contributed by atoms with Crippen LogP contribution in [0.5, 0.6) is 0 Å². The SMILES string of the molecule is CC(NS(=O)(=O)c1c(Cl)cc(N)cc1Cl)c1ccco1. The molecule has 0 saturated heterocycles. The maximum Gasteiger partial charge on any atom is 0.244 e. The second-order valence-electron chi connectivity index (χ2n) is 4.17. The lowest BCUT2D eigenvalue weighted by Gasteiger charge is -2.14. The molecule has 2 aromatic rings. The number of halogens is 2. The van der Waals surface area contributed by atoms with E-state index in [4.69, 9.17) is 33.4 Å². The fraction of sp³-hybridized carbons (Fsp3) is 0.167. The van der Waals surface area contributed by atoms with Gasteiger partial charge in [0.25, 0.3) is 0 Å². The van der Waals surface area contributed by atoms with Gasteiger partial charge in [0.15, 0.2) is 0 Å². The average Bonchev–Trinajstić information content (AvgIpc) is 2.78. The molecular formula is C12H12Cl2N2O3S. The predicted molar refractivity (Wildman–Crippen MR) is 78.3 cm³/mol. The van der Waals surface area contributed by atoms with Gasteiger partial charge in [-0.05, 0) is 31.2 Å². The molecule has 0 aliphatic carbocycles. The normalized spacial score (nSPS) is 13.3. The van der Waals surface area contributed by atoms with Crippen LogP contribution in [0.3, 0.4) is 0 Å². The zero-order chi connectivity index (χ0) is 14.9. The van der Waals surface area contributed by atoms with Gasteiger partial charge in [-0.15, -0.1) is 0 Å². The molecule has 108 valence electrons. The molecule has 0 saturated carbocycles.